The predicted octanol–water partition coefficient (Wildman–Crippen LogP) is 2.22. The number of carboxylic acids is 2. The number of aliphatic carboxylic acids is 1. The van der Waals surface area contributed by atoms with Gasteiger partial charge in [-0.2, -0.15) is 0 Å². The second-order valence-electron chi connectivity index (χ2n) is 11.8. The van der Waals surface area contributed by atoms with Crippen LogP contribution in [0.5, 0.6) is 5.75 Å². The fourth-order valence-corrected chi connectivity index (χ4v) is 4.83. The van der Waals surface area contributed by atoms with Gasteiger partial charge < -0.3 is 40.5 Å². The van der Waals surface area contributed by atoms with E-state index in [1.54, 1.807) is 45.0 Å². The first-order chi connectivity index (χ1) is 21.3. The van der Waals surface area contributed by atoms with E-state index in [0.29, 0.717) is 18.7 Å². The van der Waals surface area contributed by atoms with Crippen molar-refractivity contribution < 1.29 is 43.7 Å². The zero-order valence-corrected chi connectivity index (χ0v) is 25.8. The van der Waals surface area contributed by atoms with Crippen LogP contribution in [0.2, 0.25) is 0 Å². The molecule has 13 heteroatoms. The van der Waals surface area contributed by atoms with Crippen LogP contribution in [0.1, 0.15) is 55.1 Å². The lowest BCUT2D eigenvalue weighted by atomic mass is 10.0. The number of carbonyl (C=O) groups is 5. The third-order valence-corrected chi connectivity index (χ3v) is 6.91. The zero-order chi connectivity index (χ0) is 33.0. The molecule has 0 saturated carbocycles. The number of nitrogens with one attached hydrogen (secondary N) is 3. The molecule has 3 rings (SSSR count). The van der Waals surface area contributed by atoms with Gasteiger partial charge in [-0.3, -0.25) is 9.59 Å². The fraction of sp³-hybridized carbons (Fsp3) is 0.469. The van der Waals surface area contributed by atoms with E-state index in [0.717, 1.165) is 31.5 Å². The summed E-state index contributed by atoms with van der Waals surface area (Å²) in [4.78, 5) is 64.9. The predicted molar refractivity (Wildman–Crippen MR) is 164 cm³/mol. The molecule has 5 N–H and O–H groups in total. The third kappa shape index (κ3) is 12.1. The molecule has 13 nitrogen and oxygen atoms in total. The van der Waals surface area contributed by atoms with Gasteiger partial charge in [0, 0.05) is 25.9 Å². The van der Waals surface area contributed by atoms with Crippen molar-refractivity contribution in [3.63, 3.8) is 0 Å². The highest BCUT2D eigenvalue weighted by Gasteiger charge is 2.29. The maximum Gasteiger partial charge on any atom is 0.408 e. The highest BCUT2D eigenvalue weighted by molar-refractivity contribution is 5.93. The number of hydrogen-bond acceptors (Lipinski definition) is 8. The summed E-state index contributed by atoms with van der Waals surface area (Å²) >= 11 is 0. The van der Waals surface area contributed by atoms with Crippen molar-refractivity contribution in [2.75, 3.05) is 32.8 Å². The summed E-state index contributed by atoms with van der Waals surface area (Å²) in [5.41, 5.74) is 0.0534. The quantitative estimate of drug-likeness (QED) is 0.196. The van der Waals surface area contributed by atoms with Crippen molar-refractivity contribution in [1.82, 2.24) is 20.9 Å². The Morgan fingerprint density at radius 2 is 1.51 bits per heavy atom. The van der Waals surface area contributed by atoms with Crippen molar-refractivity contribution >= 4 is 29.8 Å². The van der Waals surface area contributed by atoms with Gasteiger partial charge in [-0.25, -0.2) is 14.4 Å². The van der Waals surface area contributed by atoms with Gasteiger partial charge in [-0.1, -0.05) is 36.4 Å². The minimum atomic E-state index is -1.35. The van der Waals surface area contributed by atoms with Crippen molar-refractivity contribution in [1.29, 1.82) is 0 Å². The topological polar surface area (TPSA) is 184 Å². The Labute approximate surface area is 262 Å². The summed E-state index contributed by atoms with van der Waals surface area (Å²) in [6.45, 7) is 7.24. The van der Waals surface area contributed by atoms with Crippen molar-refractivity contribution in [2.24, 2.45) is 0 Å². The Morgan fingerprint density at radius 1 is 0.867 bits per heavy atom. The van der Waals surface area contributed by atoms with Crippen molar-refractivity contribution in [3.05, 3.63) is 65.2 Å². The molecule has 0 unspecified atom stereocenters. The largest absolute Gasteiger partial charge is 0.481 e. The fourth-order valence-electron chi connectivity index (χ4n) is 4.83. The number of benzene rings is 2. The number of carboxylic acid groups (broad SMARTS) is 2. The average molecular weight is 627 g/mol. The maximum absolute atomic E-state index is 13.7. The molecule has 0 aliphatic carbocycles. The Balaban J connectivity index is 1.84. The highest BCUT2D eigenvalue weighted by atomic mass is 16.6. The molecule has 1 fully saturated rings. The lowest BCUT2D eigenvalue weighted by molar-refractivity contribution is -0.139. The van der Waals surface area contributed by atoms with Crippen LogP contribution in [-0.2, 0) is 32.0 Å². The first-order valence-corrected chi connectivity index (χ1v) is 14.9. The van der Waals surface area contributed by atoms with E-state index in [4.69, 9.17) is 14.6 Å². The van der Waals surface area contributed by atoms with Crippen LogP contribution in [0.25, 0.3) is 0 Å². The Morgan fingerprint density at radius 3 is 2.13 bits per heavy atom. The Kier molecular flexibility index (Phi) is 12.7. The van der Waals surface area contributed by atoms with Gasteiger partial charge in [0.15, 0.2) is 6.61 Å². The molecule has 1 heterocycles. The summed E-state index contributed by atoms with van der Waals surface area (Å²) in [6, 6.07) is 10.9. The van der Waals surface area contributed by atoms with Gasteiger partial charge in [0.05, 0.1) is 0 Å². The summed E-state index contributed by atoms with van der Waals surface area (Å²) in [5, 5.41) is 26.8. The van der Waals surface area contributed by atoms with Crippen molar-refractivity contribution in [3.8, 4) is 5.75 Å². The van der Waals surface area contributed by atoms with Gasteiger partial charge in [0.25, 0.3) is 0 Å². The Bertz CT molecular complexity index is 1340. The minimum absolute atomic E-state index is 0.0920. The molecule has 0 spiro atoms. The van der Waals surface area contributed by atoms with Crippen LogP contribution in [0, 0.1) is 0 Å². The molecule has 3 amide bonds. The van der Waals surface area contributed by atoms with E-state index >= 15 is 0 Å². The van der Waals surface area contributed by atoms with E-state index in [1.807, 2.05) is 6.07 Å². The lowest BCUT2D eigenvalue weighted by Gasteiger charge is -2.26. The van der Waals surface area contributed by atoms with E-state index in [-0.39, 0.29) is 24.2 Å². The van der Waals surface area contributed by atoms with E-state index in [1.165, 1.54) is 18.2 Å². The molecule has 1 aliphatic rings. The number of carbonyl (C=O) groups excluding carboxylic acids is 3. The van der Waals surface area contributed by atoms with Crippen LogP contribution < -0.4 is 20.7 Å². The summed E-state index contributed by atoms with van der Waals surface area (Å²) in [6.07, 6.45) is 1.42. The third-order valence-electron chi connectivity index (χ3n) is 6.91. The molecule has 0 aromatic heterocycles. The minimum Gasteiger partial charge on any atom is -0.481 e. The normalized spacial score (nSPS) is 14.6. The lowest BCUT2D eigenvalue weighted by Crippen LogP contribution is -2.56. The van der Waals surface area contributed by atoms with E-state index in [2.05, 4.69) is 20.9 Å². The van der Waals surface area contributed by atoms with Gasteiger partial charge >= 0.3 is 18.0 Å². The average Bonchev–Trinajstić information content (AvgIpc) is 3.48. The molecule has 1 saturated heterocycles. The number of likely N-dealkylation sites (tertiary alicyclic amines) is 1. The molecule has 1 aliphatic heterocycles. The molecule has 244 valence electrons. The zero-order valence-electron chi connectivity index (χ0n) is 25.8. The second-order valence-corrected chi connectivity index (χ2v) is 11.8. The van der Waals surface area contributed by atoms with Gasteiger partial charge in [0.2, 0.25) is 11.8 Å². The number of amides is 3. The highest BCUT2D eigenvalue weighted by Crippen LogP contribution is 2.22. The molecule has 2 aromatic rings. The summed E-state index contributed by atoms with van der Waals surface area (Å²) < 4.78 is 10.5. The van der Waals surface area contributed by atoms with Crippen LogP contribution >= 0.6 is 0 Å². The molecule has 0 bridgehead atoms. The number of alkyl carbamates (subject to hydrolysis) is 1. The van der Waals surface area contributed by atoms with E-state index < -0.39 is 54.1 Å². The SMILES string of the molecule is CC(C)(C)OC(=O)N[C@H](Cc1ccccc1)C(=O)N[C@@H](Cc1ccc(OCC(=O)O)c(C(=O)O)c1)C(=O)NCCN1CCCC1. The Hall–Kier alpha value is -4.65. The smallest absolute Gasteiger partial charge is 0.408 e. The van der Waals surface area contributed by atoms with Gasteiger partial charge in [-0.05, 0) is 70.0 Å². The molecular weight excluding hydrogens is 584 g/mol. The van der Waals surface area contributed by atoms with E-state index in [9.17, 15) is 29.1 Å². The van der Waals surface area contributed by atoms with Crippen LogP contribution in [0.4, 0.5) is 4.79 Å². The van der Waals surface area contributed by atoms with Crippen molar-refractivity contribution in [2.45, 2.75) is 64.1 Å². The summed E-state index contributed by atoms with van der Waals surface area (Å²) in [7, 11) is 0. The van der Waals surface area contributed by atoms with Crippen LogP contribution in [0.15, 0.2) is 48.5 Å². The molecule has 2 aromatic carbocycles. The number of aromatic carboxylic acids is 1. The number of rotatable bonds is 15. The number of nitrogens with zero attached hydrogens (tertiary/aromatic N) is 1. The monoisotopic (exact) mass is 626 g/mol. The first-order valence-electron chi connectivity index (χ1n) is 14.9. The standard InChI is InChI=1S/C32H42N4O9/c1-32(2,3)45-31(43)35-25(18-21-9-5-4-6-10-21)29(40)34-24(28(39)33-13-16-36-14-7-8-15-36)19-22-11-12-26(44-20-27(37)38)23(17-22)30(41)42/h4-6,9-12,17,24-25H,7-8,13-16,18-20H2,1-3H3,(H,33,39)(H,34,40)(H,35,43)(H,37,38)(H,41,42)/t24-,25+/m0/s1. The molecule has 45 heavy (non-hydrogen) atoms. The summed E-state index contributed by atoms with van der Waals surface area (Å²) in [5.74, 6) is -3.88. The van der Waals surface area contributed by atoms with Crippen LogP contribution in [0.3, 0.4) is 0 Å². The maximum atomic E-state index is 13.7. The molecular formula is C32H42N4O9. The second kappa shape index (κ2) is 16.4. The first kappa shape index (κ1) is 34.8. The van der Waals surface area contributed by atoms with Gasteiger partial charge in [-0.15, -0.1) is 0 Å². The van der Waals surface area contributed by atoms with Crippen LogP contribution in [-0.4, -0.2) is 95.4 Å². The molecule has 0 radical (unpaired) electrons. The number of ether oxygens (including phenoxy) is 2. The number of hydrogen-bond donors (Lipinski definition) is 5. The van der Waals surface area contributed by atoms with Gasteiger partial charge in [0.1, 0.15) is 29.0 Å². The molecule has 2 atom stereocenters.